The summed E-state index contributed by atoms with van der Waals surface area (Å²) in [5, 5.41) is 3.46. The number of ether oxygens (including phenoxy) is 2. The predicted molar refractivity (Wildman–Crippen MR) is 114 cm³/mol. The van der Waals surface area contributed by atoms with Crippen LogP contribution >= 0.6 is 24.0 Å². The highest BCUT2D eigenvalue weighted by atomic mass is 127. The van der Waals surface area contributed by atoms with Gasteiger partial charge in [-0.25, -0.2) is 0 Å². The van der Waals surface area contributed by atoms with Crippen LogP contribution in [0.2, 0.25) is 0 Å². The Labute approximate surface area is 170 Å². The SMILES string of the molecule is CCNC(=NCC(CCN(C)C)OCC)N1CCC2(CCOC2)C1.I. The third-order valence-corrected chi connectivity index (χ3v) is 5.00. The molecule has 0 aliphatic carbocycles. The second-order valence-corrected chi connectivity index (χ2v) is 7.34. The number of rotatable bonds is 8. The summed E-state index contributed by atoms with van der Waals surface area (Å²) in [5.41, 5.74) is 0.362. The van der Waals surface area contributed by atoms with Gasteiger partial charge in [0.15, 0.2) is 5.96 Å². The fourth-order valence-electron chi connectivity index (χ4n) is 3.57. The largest absolute Gasteiger partial charge is 0.381 e. The predicted octanol–water partition coefficient (Wildman–Crippen LogP) is 2.04. The summed E-state index contributed by atoms with van der Waals surface area (Å²) in [6, 6.07) is 0. The van der Waals surface area contributed by atoms with E-state index in [1.54, 1.807) is 0 Å². The summed E-state index contributed by atoms with van der Waals surface area (Å²) >= 11 is 0. The van der Waals surface area contributed by atoms with Gasteiger partial charge in [0, 0.05) is 44.8 Å². The second-order valence-electron chi connectivity index (χ2n) is 7.34. The van der Waals surface area contributed by atoms with Crippen LogP contribution in [0.5, 0.6) is 0 Å². The molecule has 0 amide bonds. The number of nitrogens with zero attached hydrogens (tertiary/aromatic N) is 3. The first-order chi connectivity index (χ1) is 11.6. The van der Waals surface area contributed by atoms with Gasteiger partial charge in [0.2, 0.25) is 0 Å². The van der Waals surface area contributed by atoms with E-state index < -0.39 is 0 Å². The van der Waals surface area contributed by atoms with E-state index in [1.165, 1.54) is 12.8 Å². The lowest BCUT2D eigenvalue weighted by molar-refractivity contribution is 0.0581. The normalized spacial score (nSPS) is 24.8. The van der Waals surface area contributed by atoms with Crippen molar-refractivity contribution < 1.29 is 9.47 Å². The topological polar surface area (TPSA) is 49.3 Å². The van der Waals surface area contributed by atoms with Crippen LogP contribution in [0.1, 0.15) is 33.1 Å². The van der Waals surface area contributed by atoms with Crippen molar-refractivity contribution in [2.75, 3.05) is 66.6 Å². The highest BCUT2D eigenvalue weighted by Gasteiger charge is 2.42. The molecule has 0 aromatic carbocycles. The van der Waals surface area contributed by atoms with Crippen molar-refractivity contribution in [3.8, 4) is 0 Å². The molecule has 6 nitrogen and oxygen atoms in total. The van der Waals surface area contributed by atoms with Crippen LogP contribution < -0.4 is 5.32 Å². The maximum Gasteiger partial charge on any atom is 0.194 e. The molecule has 2 atom stereocenters. The summed E-state index contributed by atoms with van der Waals surface area (Å²) in [4.78, 5) is 9.50. The van der Waals surface area contributed by atoms with E-state index in [2.05, 4.69) is 43.1 Å². The standard InChI is InChI=1S/C18H36N4O2.HI/c1-5-19-17(20-13-16(24-6-2)7-10-21(3)4)22-11-8-18(14-22)9-12-23-15-18;/h16H,5-15H2,1-4H3,(H,19,20);1H. The first-order valence-electron chi connectivity index (χ1n) is 9.46. The van der Waals surface area contributed by atoms with E-state index in [4.69, 9.17) is 14.5 Å². The van der Waals surface area contributed by atoms with Gasteiger partial charge in [-0.05, 0) is 47.2 Å². The molecule has 2 aliphatic heterocycles. The minimum absolute atomic E-state index is 0. The van der Waals surface area contributed by atoms with Gasteiger partial charge < -0.3 is 24.6 Å². The molecular weight excluding hydrogens is 431 g/mol. The zero-order valence-electron chi connectivity index (χ0n) is 16.4. The molecule has 148 valence electrons. The van der Waals surface area contributed by atoms with Crippen molar-refractivity contribution in [3.05, 3.63) is 0 Å². The Bertz CT molecular complexity index is 401. The highest BCUT2D eigenvalue weighted by Crippen LogP contribution is 2.38. The van der Waals surface area contributed by atoms with Gasteiger partial charge in [0.05, 0.1) is 19.3 Å². The Balaban J connectivity index is 0.00000312. The van der Waals surface area contributed by atoms with E-state index in [1.807, 2.05) is 0 Å². The molecule has 2 aliphatic rings. The van der Waals surface area contributed by atoms with Gasteiger partial charge in [-0.15, -0.1) is 24.0 Å². The van der Waals surface area contributed by atoms with Crippen molar-refractivity contribution >= 4 is 29.9 Å². The molecule has 0 bridgehead atoms. The van der Waals surface area contributed by atoms with Crippen molar-refractivity contribution in [2.45, 2.75) is 39.2 Å². The number of hydrogen-bond donors (Lipinski definition) is 1. The van der Waals surface area contributed by atoms with Crippen LogP contribution in [0.3, 0.4) is 0 Å². The second kappa shape index (κ2) is 11.6. The summed E-state index contributed by atoms with van der Waals surface area (Å²) < 4.78 is 11.5. The Morgan fingerprint density at radius 1 is 1.36 bits per heavy atom. The lowest BCUT2D eigenvalue weighted by atomic mass is 9.87. The first kappa shape index (κ1) is 22.9. The van der Waals surface area contributed by atoms with Crippen LogP contribution in [-0.2, 0) is 9.47 Å². The lowest BCUT2D eigenvalue weighted by Gasteiger charge is -2.25. The Hall–Kier alpha value is -0.120. The van der Waals surface area contributed by atoms with Gasteiger partial charge in [-0.3, -0.25) is 4.99 Å². The molecule has 2 fully saturated rings. The number of guanidine groups is 1. The molecule has 2 unspecified atom stereocenters. The fraction of sp³-hybridized carbons (Fsp3) is 0.944. The van der Waals surface area contributed by atoms with E-state index in [0.717, 1.165) is 64.9 Å². The molecule has 0 radical (unpaired) electrons. The van der Waals surface area contributed by atoms with Crippen LogP contribution in [0.4, 0.5) is 0 Å². The molecule has 0 aromatic rings. The average molecular weight is 468 g/mol. The molecular formula is C18H37IN4O2. The molecule has 0 saturated carbocycles. The summed E-state index contributed by atoms with van der Waals surface area (Å²) in [6.45, 7) is 11.6. The minimum Gasteiger partial charge on any atom is -0.381 e. The first-order valence-corrected chi connectivity index (χ1v) is 9.46. The molecule has 1 spiro atoms. The monoisotopic (exact) mass is 468 g/mol. The number of likely N-dealkylation sites (tertiary alicyclic amines) is 1. The smallest absolute Gasteiger partial charge is 0.194 e. The average Bonchev–Trinajstić information content (AvgIpc) is 3.19. The van der Waals surface area contributed by atoms with Crippen LogP contribution in [0.25, 0.3) is 0 Å². The Morgan fingerprint density at radius 2 is 2.16 bits per heavy atom. The van der Waals surface area contributed by atoms with E-state index in [0.29, 0.717) is 5.41 Å². The zero-order valence-corrected chi connectivity index (χ0v) is 18.8. The molecule has 7 heteroatoms. The number of nitrogens with one attached hydrogen (secondary N) is 1. The van der Waals surface area contributed by atoms with Crippen LogP contribution in [-0.4, -0.2) is 88.5 Å². The number of halogens is 1. The molecule has 25 heavy (non-hydrogen) atoms. The van der Waals surface area contributed by atoms with E-state index in [-0.39, 0.29) is 30.1 Å². The minimum atomic E-state index is 0. The summed E-state index contributed by atoms with van der Waals surface area (Å²) in [7, 11) is 4.20. The van der Waals surface area contributed by atoms with Crippen molar-refractivity contribution in [3.63, 3.8) is 0 Å². The van der Waals surface area contributed by atoms with Crippen molar-refractivity contribution in [1.29, 1.82) is 0 Å². The number of hydrogen-bond acceptors (Lipinski definition) is 4. The maximum atomic E-state index is 5.88. The van der Waals surface area contributed by atoms with Crippen LogP contribution in [0.15, 0.2) is 4.99 Å². The van der Waals surface area contributed by atoms with Crippen molar-refractivity contribution in [2.24, 2.45) is 10.4 Å². The fourth-order valence-corrected chi connectivity index (χ4v) is 3.57. The molecule has 2 heterocycles. The third kappa shape index (κ3) is 7.19. The lowest BCUT2D eigenvalue weighted by Crippen LogP contribution is -2.42. The number of aliphatic imine (C=N–C) groups is 1. The van der Waals surface area contributed by atoms with E-state index >= 15 is 0 Å². The Kier molecular flexibility index (Phi) is 10.6. The molecule has 2 saturated heterocycles. The van der Waals surface area contributed by atoms with Gasteiger partial charge in [-0.1, -0.05) is 0 Å². The quantitative estimate of drug-likeness (QED) is 0.336. The van der Waals surface area contributed by atoms with Gasteiger partial charge in [0.25, 0.3) is 0 Å². The maximum absolute atomic E-state index is 5.88. The van der Waals surface area contributed by atoms with Gasteiger partial charge >= 0.3 is 0 Å². The van der Waals surface area contributed by atoms with Crippen molar-refractivity contribution in [1.82, 2.24) is 15.1 Å². The third-order valence-electron chi connectivity index (χ3n) is 5.00. The Morgan fingerprint density at radius 3 is 2.76 bits per heavy atom. The molecule has 0 aromatic heterocycles. The summed E-state index contributed by atoms with van der Waals surface area (Å²) in [5.74, 6) is 1.04. The zero-order chi connectivity index (χ0) is 17.4. The van der Waals surface area contributed by atoms with E-state index in [9.17, 15) is 0 Å². The molecule has 2 rings (SSSR count). The van der Waals surface area contributed by atoms with Crippen LogP contribution in [0, 0.1) is 5.41 Å². The summed E-state index contributed by atoms with van der Waals surface area (Å²) in [6.07, 6.45) is 3.61. The highest BCUT2D eigenvalue weighted by molar-refractivity contribution is 14.0. The van der Waals surface area contributed by atoms with Gasteiger partial charge in [-0.2, -0.15) is 0 Å². The molecule has 1 N–H and O–H groups in total. The van der Waals surface area contributed by atoms with Gasteiger partial charge in [0.1, 0.15) is 0 Å².